The topological polar surface area (TPSA) is 94.2 Å². The standard InChI is InChI=1S/C24H20ClN5O2/c25-19-13-21(24(32)14-23(19)31)29-28-20-9-1-2-10-22(20)30(15-17-7-3-5-11-26-17)16-18-8-4-6-12-27-18/h1-14,31-32H,15-16H2/b29-28+. The normalized spacial score (nSPS) is 11.0. The number of benzene rings is 2. The van der Waals surface area contributed by atoms with Gasteiger partial charge in [-0.2, -0.15) is 0 Å². The first-order valence-corrected chi connectivity index (χ1v) is 10.2. The number of rotatable bonds is 7. The van der Waals surface area contributed by atoms with E-state index in [9.17, 15) is 10.2 Å². The molecule has 2 aromatic carbocycles. The van der Waals surface area contributed by atoms with Crippen LogP contribution in [0.5, 0.6) is 11.5 Å². The molecule has 0 fully saturated rings. The molecule has 32 heavy (non-hydrogen) atoms. The summed E-state index contributed by atoms with van der Waals surface area (Å²) in [7, 11) is 0. The highest BCUT2D eigenvalue weighted by molar-refractivity contribution is 6.32. The lowest BCUT2D eigenvalue weighted by Gasteiger charge is -2.25. The molecule has 0 unspecified atom stereocenters. The van der Waals surface area contributed by atoms with Crippen LogP contribution in [-0.4, -0.2) is 20.2 Å². The number of nitrogens with zero attached hydrogens (tertiary/aromatic N) is 5. The molecule has 0 saturated carbocycles. The summed E-state index contributed by atoms with van der Waals surface area (Å²) >= 11 is 5.94. The summed E-state index contributed by atoms with van der Waals surface area (Å²) in [5.74, 6) is -0.438. The van der Waals surface area contributed by atoms with Crippen molar-refractivity contribution in [2.75, 3.05) is 4.90 Å². The summed E-state index contributed by atoms with van der Waals surface area (Å²) in [6, 6.07) is 21.6. The first kappa shape index (κ1) is 21.3. The van der Waals surface area contributed by atoms with Gasteiger partial charge in [-0.25, -0.2) is 0 Å². The number of hydrogen-bond donors (Lipinski definition) is 2. The largest absolute Gasteiger partial charge is 0.506 e. The highest BCUT2D eigenvalue weighted by Gasteiger charge is 2.14. The molecule has 2 heterocycles. The van der Waals surface area contributed by atoms with Crippen molar-refractivity contribution in [3.63, 3.8) is 0 Å². The van der Waals surface area contributed by atoms with Gasteiger partial charge in [0, 0.05) is 18.5 Å². The number of phenols is 2. The van der Waals surface area contributed by atoms with Gasteiger partial charge >= 0.3 is 0 Å². The first-order chi connectivity index (χ1) is 15.6. The van der Waals surface area contributed by atoms with Crippen LogP contribution >= 0.6 is 11.6 Å². The quantitative estimate of drug-likeness (QED) is 0.332. The maximum absolute atomic E-state index is 10.1. The predicted molar refractivity (Wildman–Crippen MR) is 124 cm³/mol. The Morgan fingerprint density at radius 3 is 1.94 bits per heavy atom. The van der Waals surface area contributed by atoms with Crippen LogP contribution in [0, 0.1) is 0 Å². The van der Waals surface area contributed by atoms with Crippen LogP contribution in [0.2, 0.25) is 5.02 Å². The summed E-state index contributed by atoms with van der Waals surface area (Å²) in [4.78, 5) is 11.0. The molecular weight excluding hydrogens is 426 g/mol. The van der Waals surface area contributed by atoms with Crippen molar-refractivity contribution in [1.82, 2.24) is 9.97 Å². The SMILES string of the molecule is Oc1cc(O)c(/N=N/c2ccccc2N(Cc2ccccn2)Cc2ccccn2)cc1Cl. The van der Waals surface area contributed by atoms with Crippen molar-refractivity contribution in [1.29, 1.82) is 0 Å². The zero-order valence-corrected chi connectivity index (χ0v) is 17.8. The molecule has 0 saturated heterocycles. The van der Waals surface area contributed by atoms with Crippen LogP contribution in [-0.2, 0) is 13.1 Å². The molecule has 2 N–H and O–H groups in total. The minimum Gasteiger partial charge on any atom is -0.506 e. The Bertz CT molecular complexity index is 1180. The Morgan fingerprint density at radius 1 is 0.719 bits per heavy atom. The molecule has 2 aromatic heterocycles. The van der Waals surface area contributed by atoms with E-state index in [1.807, 2.05) is 60.7 Å². The summed E-state index contributed by atoms with van der Waals surface area (Å²) in [5.41, 5.74) is 3.39. The van der Waals surface area contributed by atoms with Crippen molar-refractivity contribution < 1.29 is 10.2 Å². The van der Waals surface area contributed by atoms with Crippen molar-refractivity contribution in [2.24, 2.45) is 10.2 Å². The fourth-order valence-electron chi connectivity index (χ4n) is 3.14. The summed E-state index contributed by atoms with van der Waals surface area (Å²) in [6.45, 7) is 1.08. The molecule has 0 spiro atoms. The fourth-order valence-corrected chi connectivity index (χ4v) is 3.30. The zero-order valence-electron chi connectivity index (χ0n) is 17.0. The lowest BCUT2D eigenvalue weighted by atomic mass is 10.2. The van der Waals surface area contributed by atoms with Crippen LogP contribution < -0.4 is 4.90 Å². The molecule has 160 valence electrons. The molecule has 0 aliphatic carbocycles. The lowest BCUT2D eigenvalue weighted by molar-refractivity contribution is 0.451. The lowest BCUT2D eigenvalue weighted by Crippen LogP contribution is -2.23. The molecule has 8 heteroatoms. The third-order valence-corrected chi connectivity index (χ3v) is 4.99. The Labute approximate surface area is 190 Å². The molecule has 0 aliphatic heterocycles. The number of para-hydroxylation sites is 1. The van der Waals surface area contributed by atoms with Gasteiger partial charge in [0.1, 0.15) is 22.9 Å². The second kappa shape index (κ2) is 9.89. The average Bonchev–Trinajstić information content (AvgIpc) is 2.82. The summed E-state index contributed by atoms with van der Waals surface area (Å²) in [6.07, 6.45) is 3.52. The second-order valence-corrected chi connectivity index (χ2v) is 7.39. The monoisotopic (exact) mass is 445 g/mol. The van der Waals surface area contributed by atoms with E-state index in [1.165, 1.54) is 6.07 Å². The first-order valence-electron chi connectivity index (χ1n) is 9.87. The molecule has 0 amide bonds. The van der Waals surface area contributed by atoms with Gasteiger partial charge in [0.25, 0.3) is 0 Å². The van der Waals surface area contributed by atoms with Crippen molar-refractivity contribution in [3.8, 4) is 11.5 Å². The number of halogens is 1. The van der Waals surface area contributed by atoms with Crippen molar-refractivity contribution in [3.05, 3.63) is 102 Å². The smallest absolute Gasteiger partial charge is 0.146 e. The van der Waals surface area contributed by atoms with Gasteiger partial charge in [-0.1, -0.05) is 35.9 Å². The number of azo groups is 1. The highest BCUT2D eigenvalue weighted by atomic mass is 35.5. The molecule has 0 aliphatic rings. The van der Waals surface area contributed by atoms with Gasteiger partial charge in [-0.05, 0) is 42.5 Å². The number of pyridine rings is 2. The van der Waals surface area contributed by atoms with E-state index in [-0.39, 0.29) is 22.2 Å². The fraction of sp³-hybridized carbons (Fsp3) is 0.0833. The van der Waals surface area contributed by atoms with Gasteiger partial charge in [-0.3, -0.25) is 9.97 Å². The number of phenolic OH excluding ortho intramolecular Hbond substituents is 2. The van der Waals surface area contributed by atoms with E-state index in [0.29, 0.717) is 18.8 Å². The Hall–Kier alpha value is -3.97. The molecular formula is C24H20ClN5O2. The molecule has 0 bridgehead atoms. The van der Waals surface area contributed by atoms with Crippen LogP contribution in [0.3, 0.4) is 0 Å². The minimum absolute atomic E-state index is 0.0805. The molecule has 0 radical (unpaired) electrons. The number of aromatic hydroxyl groups is 2. The van der Waals surface area contributed by atoms with Crippen LogP contribution in [0.25, 0.3) is 0 Å². The number of anilines is 1. The van der Waals surface area contributed by atoms with E-state index >= 15 is 0 Å². The third-order valence-electron chi connectivity index (χ3n) is 4.69. The van der Waals surface area contributed by atoms with E-state index in [0.717, 1.165) is 23.1 Å². The number of aromatic nitrogens is 2. The molecule has 4 aromatic rings. The van der Waals surface area contributed by atoms with Crippen LogP contribution in [0.4, 0.5) is 17.1 Å². The molecule has 0 atom stereocenters. The van der Waals surface area contributed by atoms with E-state index < -0.39 is 0 Å². The van der Waals surface area contributed by atoms with E-state index in [2.05, 4.69) is 25.1 Å². The third kappa shape index (κ3) is 5.19. The van der Waals surface area contributed by atoms with E-state index in [1.54, 1.807) is 12.4 Å². The van der Waals surface area contributed by atoms with Gasteiger partial charge in [0.15, 0.2) is 0 Å². The van der Waals surface area contributed by atoms with Gasteiger partial charge < -0.3 is 15.1 Å². The van der Waals surface area contributed by atoms with Crippen molar-refractivity contribution >= 4 is 28.7 Å². The van der Waals surface area contributed by atoms with Crippen LogP contribution in [0.1, 0.15) is 11.4 Å². The summed E-state index contributed by atoms with van der Waals surface area (Å²) < 4.78 is 0. The number of hydrogen-bond acceptors (Lipinski definition) is 7. The highest BCUT2D eigenvalue weighted by Crippen LogP contribution is 2.38. The van der Waals surface area contributed by atoms with E-state index in [4.69, 9.17) is 11.6 Å². The molecule has 7 nitrogen and oxygen atoms in total. The Morgan fingerprint density at radius 2 is 1.31 bits per heavy atom. The maximum atomic E-state index is 10.1. The predicted octanol–water partition coefficient (Wildman–Crippen LogP) is 6.16. The van der Waals surface area contributed by atoms with Gasteiger partial charge in [0.05, 0.1) is 35.2 Å². The maximum Gasteiger partial charge on any atom is 0.146 e. The van der Waals surface area contributed by atoms with Gasteiger partial charge in [0.2, 0.25) is 0 Å². The Balaban J connectivity index is 1.69. The van der Waals surface area contributed by atoms with Crippen LogP contribution in [0.15, 0.2) is 95.4 Å². The zero-order chi connectivity index (χ0) is 22.3. The average molecular weight is 446 g/mol. The second-order valence-electron chi connectivity index (χ2n) is 6.98. The summed E-state index contributed by atoms with van der Waals surface area (Å²) in [5, 5.41) is 28.3. The van der Waals surface area contributed by atoms with Crippen molar-refractivity contribution in [2.45, 2.75) is 13.1 Å². The Kier molecular flexibility index (Phi) is 6.57. The minimum atomic E-state index is -0.222. The van der Waals surface area contributed by atoms with Gasteiger partial charge in [-0.15, -0.1) is 10.2 Å². The molecule has 4 rings (SSSR count).